The molecule has 0 saturated heterocycles. The zero-order valence-corrected chi connectivity index (χ0v) is 23.5. The Bertz CT molecular complexity index is 1660. The third-order valence-corrected chi connectivity index (χ3v) is 6.78. The van der Waals surface area contributed by atoms with Gasteiger partial charge in [0.25, 0.3) is 5.91 Å². The summed E-state index contributed by atoms with van der Waals surface area (Å²) < 4.78 is 11.1. The first-order valence-electron chi connectivity index (χ1n) is 13.1. The van der Waals surface area contributed by atoms with Gasteiger partial charge in [-0.15, -0.1) is 0 Å². The molecule has 1 heterocycles. The van der Waals surface area contributed by atoms with Crippen LogP contribution in [0.5, 0.6) is 11.5 Å². The van der Waals surface area contributed by atoms with Crippen LogP contribution in [0.3, 0.4) is 0 Å². The van der Waals surface area contributed by atoms with Crippen molar-refractivity contribution in [2.24, 2.45) is 5.73 Å². The van der Waals surface area contributed by atoms with Crippen molar-refractivity contribution in [3.05, 3.63) is 131 Å². The molecular weight excluding hydrogens is 554 g/mol. The highest BCUT2D eigenvalue weighted by Gasteiger charge is 2.16. The number of primary amides is 1. The minimum atomic E-state index is -0.563. The van der Waals surface area contributed by atoms with Crippen LogP contribution in [0.1, 0.15) is 27.0 Å². The second-order valence-electron chi connectivity index (χ2n) is 9.34. The van der Waals surface area contributed by atoms with Crippen LogP contribution in [0.25, 0.3) is 10.8 Å². The molecule has 0 saturated carbocycles. The van der Waals surface area contributed by atoms with Crippen LogP contribution in [0, 0.1) is 5.41 Å². The number of fused-ring (bicyclic) bond motifs is 1. The van der Waals surface area contributed by atoms with Gasteiger partial charge in [-0.2, -0.15) is 0 Å². The van der Waals surface area contributed by atoms with Gasteiger partial charge < -0.3 is 30.3 Å². The van der Waals surface area contributed by atoms with Crippen molar-refractivity contribution < 1.29 is 23.8 Å². The predicted octanol–water partition coefficient (Wildman–Crippen LogP) is 6.23. The first-order valence-corrected chi connectivity index (χ1v) is 13.5. The minimum absolute atomic E-state index is 0.0550. The summed E-state index contributed by atoms with van der Waals surface area (Å²) in [6, 6.07) is 27.5. The topological polar surface area (TPSA) is 130 Å². The molecule has 8 nitrogen and oxygen atoms in total. The number of benzene rings is 4. The van der Waals surface area contributed by atoms with Crippen molar-refractivity contribution in [1.82, 2.24) is 4.90 Å². The predicted molar refractivity (Wildman–Crippen MR) is 163 cm³/mol. The van der Waals surface area contributed by atoms with Crippen LogP contribution in [0.2, 0.25) is 5.02 Å². The van der Waals surface area contributed by atoms with Crippen molar-refractivity contribution >= 4 is 40.4 Å². The van der Waals surface area contributed by atoms with Crippen LogP contribution >= 0.6 is 11.6 Å². The lowest BCUT2D eigenvalue weighted by atomic mass is 10.0. The van der Waals surface area contributed by atoms with E-state index in [9.17, 15) is 9.59 Å². The summed E-state index contributed by atoms with van der Waals surface area (Å²) in [4.78, 5) is 25.4. The molecule has 5 aromatic rings. The smallest absolute Gasteiger partial charge is 0.260 e. The lowest BCUT2D eigenvalue weighted by molar-refractivity contribution is -0.134. The Morgan fingerprint density at radius 2 is 1.69 bits per heavy atom. The summed E-state index contributed by atoms with van der Waals surface area (Å²) >= 11 is 5.50. The summed E-state index contributed by atoms with van der Waals surface area (Å²) in [5, 5.41) is 18.5. The Labute approximate surface area is 248 Å². The minimum Gasteiger partial charge on any atom is -0.506 e. The fourth-order valence-electron chi connectivity index (χ4n) is 4.24. The summed E-state index contributed by atoms with van der Waals surface area (Å²) in [5.41, 5.74) is 8.19. The average Bonchev–Trinajstić information content (AvgIpc) is 3.53. The number of ether oxygens (including phenoxy) is 1. The fraction of sp³-hybridized carbons (Fsp3) is 0.121. The summed E-state index contributed by atoms with van der Waals surface area (Å²) in [6.45, 7) is 1.00. The number of nitrogens with one attached hydrogen (secondary N) is 1. The standard InChI is InChI=1S/C26H24N2O3.C7H6ClNO2/c27-16-22-10-11-25(24-9-5-4-8-23(22)24)31-19-26(29)28(17-21-13-15-30-18-21)14-12-20-6-2-1-3-7-20;8-5-3-4(7(9)11)1-2-6(5)10/h1-11,13,15-16,18,27H,12,14,17,19H2;1-3,10H,(H2,9,11). The Morgan fingerprint density at radius 1 is 0.952 bits per heavy atom. The quantitative estimate of drug-likeness (QED) is 0.168. The molecule has 9 heteroatoms. The highest BCUT2D eigenvalue weighted by Crippen LogP contribution is 2.28. The number of furan rings is 1. The van der Waals surface area contributed by atoms with Gasteiger partial charge in [-0.3, -0.25) is 9.59 Å². The molecule has 0 aliphatic carbocycles. The number of carbonyl (C=O) groups excluding carboxylic acids is 2. The summed E-state index contributed by atoms with van der Waals surface area (Å²) in [7, 11) is 0. The highest BCUT2D eigenvalue weighted by atomic mass is 35.5. The van der Waals surface area contributed by atoms with Gasteiger partial charge in [0.2, 0.25) is 5.91 Å². The Morgan fingerprint density at radius 3 is 2.36 bits per heavy atom. The molecule has 0 spiro atoms. The molecule has 0 atom stereocenters. The van der Waals surface area contributed by atoms with Crippen molar-refractivity contribution in [3.8, 4) is 11.5 Å². The van der Waals surface area contributed by atoms with Crippen LogP contribution in [-0.4, -0.2) is 41.2 Å². The second kappa shape index (κ2) is 14.5. The highest BCUT2D eigenvalue weighted by molar-refractivity contribution is 6.32. The lowest BCUT2D eigenvalue weighted by Crippen LogP contribution is -2.36. The molecule has 0 aliphatic heterocycles. The van der Waals surface area contributed by atoms with Crippen LogP contribution in [-0.2, 0) is 17.8 Å². The normalized spacial score (nSPS) is 10.4. The van der Waals surface area contributed by atoms with Crippen molar-refractivity contribution in [2.75, 3.05) is 13.2 Å². The number of amides is 2. The van der Waals surface area contributed by atoms with Gasteiger partial charge in [0.1, 0.15) is 11.5 Å². The average molecular weight is 584 g/mol. The second-order valence-corrected chi connectivity index (χ2v) is 9.75. The molecule has 42 heavy (non-hydrogen) atoms. The number of carbonyl (C=O) groups is 2. The van der Waals surface area contributed by atoms with Gasteiger partial charge in [-0.1, -0.05) is 66.2 Å². The van der Waals surface area contributed by atoms with Gasteiger partial charge >= 0.3 is 0 Å². The van der Waals surface area contributed by atoms with Gasteiger partial charge in [-0.25, -0.2) is 0 Å². The van der Waals surface area contributed by atoms with E-state index >= 15 is 0 Å². The molecule has 2 amide bonds. The molecule has 5 rings (SSSR count). The van der Waals surface area contributed by atoms with Gasteiger partial charge in [-0.05, 0) is 53.8 Å². The van der Waals surface area contributed by atoms with Crippen LogP contribution in [0.15, 0.2) is 108 Å². The number of aromatic hydroxyl groups is 1. The molecule has 4 N–H and O–H groups in total. The van der Waals surface area contributed by atoms with Crippen LogP contribution in [0.4, 0.5) is 0 Å². The van der Waals surface area contributed by atoms with Gasteiger partial charge in [0, 0.05) is 41.4 Å². The van der Waals surface area contributed by atoms with Crippen molar-refractivity contribution in [1.29, 1.82) is 5.41 Å². The maximum Gasteiger partial charge on any atom is 0.260 e. The van der Waals surface area contributed by atoms with E-state index in [2.05, 4.69) is 12.1 Å². The molecule has 0 fully saturated rings. The number of hydrogen-bond donors (Lipinski definition) is 3. The van der Waals surface area contributed by atoms with E-state index < -0.39 is 5.91 Å². The zero-order chi connectivity index (χ0) is 29.9. The number of nitrogens with two attached hydrogens (primary N) is 1. The first-order chi connectivity index (χ1) is 20.4. The Hall–Kier alpha value is -5.08. The molecule has 1 aromatic heterocycles. The third-order valence-electron chi connectivity index (χ3n) is 6.48. The maximum atomic E-state index is 13.1. The molecule has 0 unspecified atom stereocenters. The van der Waals surface area contributed by atoms with E-state index in [1.54, 1.807) is 17.4 Å². The van der Waals surface area contributed by atoms with Crippen molar-refractivity contribution in [3.63, 3.8) is 0 Å². The summed E-state index contributed by atoms with van der Waals surface area (Å²) in [6.07, 6.45) is 5.37. The van der Waals surface area contributed by atoms with E-state index in [0.717, 1.165) is 28.3 Å². The molecule has 0 bridgehead atoms. The number of nitrogens with zero attached hydrogens (tertiary/aromatic N) is 1. The van der Waals surface area contributed by atoms with E-state index in [4.69, 9.17) is 37.0 Å². The molecule has 4 aromatic carbocycles. The Kier molecular flexibility index (Phi) is 10.3. The molecule has 0 radical (unpaired) electrons. The zero-order valence-electron chi connectivity index (χ0n) is 22.7. The van der Waals surface area contributed by atoms with Gasteiger partial charge in [0.15, 0.2) is 6.61 Å². The van der Waals surface area contributed by atoms with E-state index in [-0.39, 0.29) is 28.8 Å². The molecular formula is C33H30ClN3O5. The van der Waals surface area contributed by atoms with E-state index in [1.165, 1.54) is 30.0 Å². The third kappa shape index (κ3) is 7.99. The van der Waals surface area contributed by atoms with Crippen LogP contribution < -0.4 is 10.5 Å². The molecule has 214 valence electrons. The number of phenols is 1. The fourth-order valence-corrected chi connectivity index (χ4v) is 4.42. The number of phenolic OH excluding ortho intramolecular Hbond substituents is 1. The first kappa shape index (κ1) is 29.9. The number of hydrogen-bond acceptors (Lipinski definition) is 6. The number of halogens is 1. The molecule has 0 aliphatic rings. The van der Waals surface area contributed by atoms with E-state index in [1.807, 2.05) is 60.7 Å². The summed E-state index contributed by atoms with van der Waals surface area (Å²) in [5.74, 6) is -0.0678. The SMILES string of the molecule is N=Cc1ccc(OCC(=O)N(CCc2ccccc2)Cc2ccoc2)c2ccccc12.NC(=O)c1ccc(O)c(Cl)c1. The largest absolute Gasteiger partial charge is 0.506 e. The van der Waals surface area contributed by atoms with Gasteiger partial charge in [0.05, 0.1) is 17.5 Å². The lowest BCUT2D eigenvalue weighted by Gasteiger charge is -2.22. The van der Waals surface area contributed by atoms with E-state index in [0.29, 0.717) is 18.8 Å². The van der Waals surface area contributed by atoms with Crippen molar-refractivity contribution in [2.45, 2.75) is 13.0 Å². The monoisotopic (exact) mass is 583 g/mol. The number of rotatable bonds is 10. The Balaban J connectivity index is 0.000000310. The maximum absolute atomic E-state index is 13.1.